The molecule has 0 aliphatic carbocycles. The Morgan fingerprint density at radius 1 is 1.47 bits per heavy atom. The Kier molecular flexibility index (Phi) is 4.44. The lowest BCUT2D eigenvalue weighted by Crippen LogP contribution is -2.01. The molecule has 4 nitrogen and oxygen atoms in total. The normalized spacial score (nSPS) is 10.2. The van der Waals surface area contributed by atoms with E-state index in [-0.39, 0.29) is 5.56 Å². The van der Waals surface area contributed by atoms with Crippen molar-refractivity contribution in [2.45, 2.75) is 6.61 Å². The highest BCUT2D eigenvalue weighted by molar-refractivity contribution is 9.10. The quantitative estimate of drug-likeness (QED) is 0.897. The van der Waals surface area contributed by atoms with E-state index >= 15 is 0 Å². The van der Waals surface area contributed by atoms with Crippen LogP contribution in [0.2, 0.25) is 0 Å². The molecule has 1 aromatic heterocycles. The molecule has 2 rings (SSSR count). The van der Waals surface area contributed by atoms with Crippen molar-refractivity contribution in [2.24, 2.45) is 0 Å². The lowest BCUT2D eigenvalue weighted by Gasteiger charge is -2.12. The minimum absolute atomic E-state index is 0.146. The van der Waals surface area contributed by atoms with Gasteiger partial charge in [0.25, 0.3) is 0 Å². The van der Waals surface area contributed by atoms with Crippen LogP contribution in [0.3, 0.4) is 0 Å². The zero-order valence-corrected chi connectivity index (χ0v) is 12.5. The smallest absolute Gasteiger partial charge is 0.335 e. The van der Waals surface area contributed by atoms with Crippen molar-refractivity contribution >= 4 is 33.2 Å². The van der Waals surface area contributed by atoms with Gasteiger partial charge in [0.15, 0.2) is 11.5 Å². The van der Waals surface area contributed by atoms with Crippen LogP contribution in [0.25, 0.3) is 0 Å². The Labute approximate surface area is 122 Å². The molecule has 0 aliphatic heterocycles. The standard InChI is InChI=1S/C13H11BrO4S/c1-17-11-6-8(13(15)16)5-10(14)12(11)18-7-9-3-2-4-19-9/h2-6H,7H2,1H3,(H,15,16). The number of aromatic carboxylic acids is 1. The van der Waals surface area contributed by atoms with Gasteiger partial charge in [-0.15, -0.1) is 11.3 Å². The third kappa shape index (κ3) is 3.27. The predicted octanol–water partition coefficient (Wildman–Crippen LogP) is 3.80. The van der Waals surface area contributed by atoms with Gasteiger partial charge in [0, 0.05) is 4.88 Å². The summed E-state index contributed by atoms with van der Waals surface area (Å²) in [5.41, 5.74) is 0.146. The molecule has 1 heterocycles. The molecular formula is C13H11BrO4S. The number of rotatable bonds is 5. The molecule has 0 spiro atoms. The van der Waals surface area contributed by atoms with Crippen LogP contribution in [0, 0.1) is 0 Å². The van der Waals surface area contributed by atoms with Crippen molar-refractivity contribution in [3.8, 4) is 11.5 Å². The first-order valence-corrected chi connectivity index (χ1v) is 7.05. The van der Waals surface area contributed by atoms with Crippen molar-refractivity contribution < 1.29 is 19.4 Å². The molecule has 1 aromatic carbocycles. The maximum absolute atomic E-state index is 11.0. The fourth-order valence-corrected chi connectivity index (χ4v) is 2.69. The third-order valence-electron chi connectivity index (χ3n) is 2.42. The first-order chi connectivity index (χ1) is 9.11. The number of ether oxygens (including phenoxy) is 2. The number of hydrogen-bond acceptors (Lipinski definition) is 4. The summed E-state index contributed by atoms with van der Waals surface area (Å²) in [5.74, 6) is -0.118. The summed E-state index contributed by atoms with van der Waals surface area (Å²) in [6.07, 6.45) is 0. The van der Waals surface area contributed by atoms with E-state index in [0.29, 0.717) is 22.6 Å². The number of carboxylic acid groups (broad SMARTS) is 1. The fourth-order valence-electron chi connectivity index (χ4n) is 1.52. The molecule has 2 aromatic rings. The SMILES string of the molecule is COc1cc(C(=O)O)cc(Br)c1OCc1cccs1. The van der Waals surface area contributed by atoms with Crippen molar-refractivity contribution in [3.05, 3.63) is 44.6 Å². The zero-order valence-electron chi connectivity index (χ0n) is 10.1. The topological polar surface area (TPSA) is 55.8 Å². The first-order valence-electron chi connectivity index (χ1n) is 5.38. The second-order valence-electron chi connectivity index (χ2n) is 3.66. The highest BCUT2D eigenvalue weighted by atomic mass is 79.9. The lowest BCUT2D eigenvalue weighted by atomic mass is 10.2. The van der Waals surface area contributed by atoms with Crippen molar-refractivity contribution in [1.29, 1.82) is 0 Å². The van der Waals surface area contributed by atoms with Gasteiger partial charge >= 0.3 is 5.97 Å². The molecular weight excluding hydrogens is 332 g/mol. The van der Waals surface area contributed by atoms with Crippen LogP contribution in [0.5, 0.6) is 11.5 Å². The minimum atomic E-state index is -1.01. The number of carbonyl (C=O) groups is 1. The van der Waals surface area contributed by atoms with Crippen molar-refractivity contribution in [1.82, 2.24) is 0 Å². The monoisotopic (exact) mass is 342 g/mol. The van der Waals surface area contributed by atoms with E-state index in [1.807, 2.05) is 17.5 Å². The van der Waals surface area contributed by atoms with E-state index < -0.39 is 5.97 Å². The number of benzene rings is 1. The van der Waals surface area contributed by atoms with Gasteiger partial charge < -0.3 is 14.6 Å². The van der Waals surface area contributed by atoms with Gasteiger partial charge in [-0.1, -0.05) is 6.07 Å². The van der Waals surface area contributed by atoms with E-state index in [9.17, 15) is 4.79 Å². The lowest BCUT2D eigenvalue weighted by molar-refractivity contribution is 0.0696. The summed E-state index contributed by atoms with van der Waals surface area (Å²) in [6.45, 7) is 0.416. The van der Waals surface area contributed by atoms with E-state index in [2.05, 4.69) is 15.9 Å². The number of hydrogen-bond donors (Lipinski definition) is 1. The molecule has 0 saturated carbocycles. The van der Waals surface area contributed by atoms with Gasteiger partial charge in [-0.25, -0.2) is 4.79 Å². The van der Waals surface area contributed by atoms with Crippen LogP contribution in [-0.4, -0.2) is 18.2 Å². The van der Waals surface area contributed by atoms with Crippen LogP contribution < -0.4 is 9.47 Å². The molecule has 6 heteroatoms. The van der Waals surface area contributed by atoms with Gasteiger partial charge in [0.1, 0.15) is 6.61 Å². The second kappa shape index (κ2) is 6.08. The molecule has 0 amide bonds. The van der Waals surface area contributed by atoms with Crippen LogP contribution in [0.1, 0.15) is 15.2 Å². The Bertz CT molecular complexity index is 581. The summed E-state index contributed by atoms with van der Waals surface area (Å²) in [5, 5.41) is 11.0. The van der Waals surface area contributed by atoms with E-state index in [1.54, 1.807) is 11.3 Å². The van der Waals surface area contributed by atoms with Crippen LogP contribution in [0.15, 0.2) is 34.1 Å². The van der Waals surface area contributed by atoms with Gasteiger partial charge in [-0.3, -0.25) is 0 Å². The molecule has 0 bridgehead atoms. The summed E-state index contributed by atoms with van der Waals surface area (Å²) < 4.78 is 11.4. The maximum Gasteiger partial charge on any atom is 0.335 e. The average molecular weight is 343 g/mol. The number of halogens is 1. The third-order valence-corrected chi connectivity index (χ3v) is 3.85. The van der Waals surface area contributed by atoms with E-state index in [1.165, 1.54) is 19.2 Å². The minimum Gasteiger partial charge on any atom is -0.493 e. The maximum atomic E-state index is 11.0. The van der Waals surface area contributed by atoms with Gasteiger partial charge in [0.05, 0.1) is 17.1 Å². The van der Waals surface area contributed by atoms with Gasteiger partial charge in [-0.2, -0.15) is 0 Å². The van der Waals surface area contributed by atoms with Crippen LogP contribution in [-0.2, 0) is 6.61 Å². The van der Waals surface area contributed by atoms with Gasteiger partial charge in [-0.05, 0) is 39.5 Å². The summed E-state index contributed by atoms with van der Waals surface area (Å²) in [6, 6.07) is 6.85. The Hall–Kier alpha value is -1.53. The van der Waals surface area contributed by atoms with E-state index in [0.717, 1.165) is 4.88 Å². The number of carboxylic acids is 1. The molecule has 0 fully saturated rings. The fraction of sp³-hybridized carbons (Fsp3) is 0.154. The predicted molar refractivity (Wildman–Crippen MR) is 76.3 cm³/mol. The molecule has 1 N–H and O–H groups in total. The highest BCUT2D eigenvalue weighted by Crippen LogP contribution is 2.37. The molecule has 0 aliphatic rings. The Morgan fingerprint density at radius 3 is 2.84 bits per heavy atom. The Morgan fingerprint density at radius 2 is 2.26 bits per heavy atom. The summed E-state index contributed by atoms with van der Waals surface area (Å²) >= 11 is 4.90. The van der Waals surface area contributed by atoms with Gasteiger partial charge in [0.2, 0.25) is 0 Å². The number of methoxy groups -OCH3 is 1. The largest absolute Gasteiger partial charge is 0.493 e. The van der Waals surface area contributed by atoms with Crippen molar-refractivity contribution in [3.63, 3.8) is 0 Å². The highest BCUT2D eigenvalue weighted by Gasteiger charge is 2.15. The Balaban J connectivity index is 2.26. The first kappa shape index (κ1) is 13.9. The number of thiophene rings is 1. The summed E-state index contributed by atoms with van der Waals surface area (Å²) in [7, 11) is 1.48. The zero-order chi connectivity index (χ0) is 13.8. The summed E-state index contributed by atoms with van der Waals surface area (Å²) in [4.78, 5) is 12.0. The van der Waals surface area contributed by atoms with E-state index in [4.69, 9.17) is 14.6 Å². The average Bonchev–Trinajstić information content (AvgIpc) is 2.89. The molecule has 0 atom stereocenters. The second-order valence-corrected chi connectivity index (χ2v) is 5.55. The van der Waals surface area contributed by atoms with Crippen LogP contribution in [0.4, 0.5) is 0 Å². The molecule has 0 radical (unpaired) electrons. The van der Waals surface area contributed by atoms with Crippen LogP contribution >= 0.6 is 27.3 Å². The van der Waals surface area contributed by atoms with Crippen molar-refractivity contribution in [2.75, 3.05) is 7.11 Å². The molecule has 100 valence electrons. The molecule has 19 heavy (non-hydrogen) atoms. The molecule has 0 unspecified atom stereocenters. The molecule has 0 saturated heterocycles.